The van der Waals surface area contributed by atoms with Crippen LogP contribution < -0.4 is 0 Å². The Morgan fingerprint density at radius 3 is 2.63 bits per heavy atom. The van der Waals surface area contributed by atoms with E-state index in [1.165, 1.54) is 51.2 Å². The van der Waals surface area contributed by atoms with Gasteiger partial charge in [-0.05, 0) is 71.8 Å². The standard InChI is InChI=1S/C15H16Br2S2/c1-9-11(8-14(16)18-9)15(17)13-7-10-5-3-2-4-6-12(10)19-13/h7-8,15H,2-6H2,1H3. The van der Waals surface area contributed by atoms with Crippen LogP contribution in [0.25, 0.3) is 0 Å². The van der Waals surface area contributed by atoms with Crippen LogP contribution in [0.4, 0.5) is 0 Å². The number of halogens is 2. The van der Waals surface area contributed by atoms with Crippen molar-refractivity contribution in [2.24, 2.45) is 0 Å². The van der Waals surface area contributed by atoms with E-state index in [1.54, 1.807) is 10.4 Å². The second-order valence-electron chi connectivity index (χ2n) is 5.08. The largest absolute Gasteiger partial charge is 0.144 e. The first-order chi connectivity index (χ1) is 9.15. The third-order valence-corrected chi connectivity index (χ3v) is 7.88. The number of fused-ring (bicyclic) bond motifs is 1. The lowest BCUT2D eigenvalue weighted by Gasteiger charge is -2.07. The van der Waals surface area contributed by atoms with E-state index in [0.717, 1.165) is 0 Å². The molecular weight excluding hydrogens is 404 g/mol. The Morgan fingerprint density at radius 1 is 1.11 bits per heavy atom. The molecule has 0 saturated heterocycles. The van der Waals surface area contributed by atoms with Crippen molar-refractivity contribution in [1.82, 2.24) is 0 Å². The molecule has 2 heterocycles. The molecule has 0 amide bonds. The molecule has 1 aliphatic rings. The summed E-state index contributed by atoms with van der Waals surface area (Å²) in [5.41, 5.74) is 3.02. The van der Waals surface area contributed by atoms with Gasteiger partial charge in [0.05, 0.1) is 8.61 Å². The van der Waals surface area contributed by atoms with Gasteiger partial charge in [0.1, 0.15) is 0 Å². The predicted octanol–water partition coefficient (Wildman–Crippen LogP) is 6.63. The maximum atomic E-state index is 3.90. The summed E-state index contributed by atoms with van der Waals surface area (Å²) in [6.07, 6.45) is 6.68. The molecule has 0 aromatic carbocycles. The molecule has 0 fully saturated rings. The molecule has 2 aromatic rings. The van der Waals surface area contributed by atoms with Crippen LogP contribution in [0, 0.1) is 6.92 Å². The summed E-state index contributed by atoms with van der Waals surface area (Å²) in [5.74, 6) is 0. The molecule has 0 radical (unpaired) electrons. The maximum Gasteiger partial charge on any atom is 0.0749 e. The molecule has 1 aliphatic carbocycles. The van der Waals surface area contributed by atoms with Crippen molar-refractivity contribution in [3.05, 3.63) is 41.7 Å². The molecular formula is C15H16Br2S2. The number of hydrogen-bond donors (Lipinski definition) is 0. The second kappa shape index (κ2) is 6.00. The van der Waals surface area contributed by atoms with E-state index in [1.807, 2.05) is 22.7 Å². The summed E-state index contributed by atoms with van der Waals surface area (Å²) in [5, 5.41) is 0. The topological polar surface area (TPSA) is 0 Å². The molecule has 0 bridgehead atoms. The Bertz CT molecular complexity index is 559. The first-order valence-electron chi connectivity index (χ1n) is 6.66. The summed E-state index contributed by atoms with van der Waals surface area (Å²) in [4.78, 5) is 4.86. The van der Waals surface area contributed by atoms with E-state index in [9.17, 15) is 0 Å². The Morgan fingerprint density at radius 2 is 1.89 bits per heavy atom. The zero-order chi connectivity index (χ0) is 13.4. The van der Waals surface area contributed by atoms with Gasteiger partial charge in [0, 0.05) is 14.6 Å². The number of alkyl halides is 1. The zero-order valence-electron chi connectivity index (χ0n) is 10.8. The van der Waals surface area contributed by atoms with E-state index in [2.05, 4.69) is 50.9 Å². The highest BCUT2D eigenvalue weighted by Crippen LogP contribution is 2.42. The van der Waals surface area contributed by atoms with Crippen LogP contribution in [-0.2, 0) is 12.8 Å². The van der Waals surface area contributed by atoms with Crippen molar-refractivity contribution < 1.29 is 0 Å². The normalized spacial score (nSPS) is 17.0. The first kappa shape index (κ1) is 14.3. The fourth-order valence-corrected chi connectivity index (χ4v) is 6.72. The van der Waals surface area contributed by atoms with Gasteiger partial charge in [-0.25, -0.2) is 0 Å². The van der Waals surface area contributed by atoms with Crippen LogP contribution in [0.2, 0.25) is 0 Å². The van der Waals surface area contributed by atoms with Crippen LogP contribution in [0.15, 0.2) is 15.9 Å². The van der Waals surface area contributed by atoms with Gasteiger partial charge in [0.2, 0.25) is 0 Å². The Labute approximate surface area is 139 Å². The predicted molar refractivity (Wildman–Crippen MR) is 93.1 cm³/mol. The summed E-state index contributed by atoms with van der Waals surface area (Å²) >= 11 is 11.3. The van der Waals surface area contributed by atoms with Crippen molar-refractivity contribution in [3.8, 4) is 0 Å². The van der Waals surface area contributed by atoms with Gasteiger partial charge in [-0.15, -0.1) is 22.7 Å². The van der Waals surface area contributed by atoms with Crippen molar-refractivity contribution >= 4 is 54.5 Å². The van der Waals surface area contributed by atoms with Crippen molar-refractivity contribution in [3.63, 3.8) is 0 Å². The van der Waals surface area contributed by atoms with Gasteiger partial charge in [-0.2, -0.15) is 0 Å². The highest BCUT2D eigenvalue weighted by molar-refractivity contribution is 9.11. The third kappa shape index (κ3) is 3.02. The molecule has 19 heavy (non-hydrogen) atoms. The van der Waals surface area contributed by atoms with E-state index >= 15 is 0 Å². The van der Waals surface area contributed by atoms with Crippen LogP contribution in [0.5, 0.6) is 0 Å². The van der Waals surface area contributed by atoms with Crippen LogP contribution in [-0.4, -0.2) is 0 Å². The van der Waals surface area contributed by atoms with Crippen LogP contribution in [0.1, 0.15) is 49.8 Å². The molecule has 0 aliphatic heterocycles. The summed E-state index contributed by atoms with van der Waals surface area (Å²) in [7, 11) is 0. The number of rotatable bonds is 2. The lowest BCUT2D eigenvalue weighted by Crippen LogP contribution is -1.89. The molecule has 1 atom stereocenters. The summed E-state index contributed by atoms with van der Waals surface area (Å²) in [6, 6.07) is 4.69. The molecule has 0 nitrogen and oxygen atoms in total. The molecule has 0 spiro atoms. The van der Waals surface area contributed by atoms with Gasteiger partial charge in [0.15, 0.2) is 0 Å². The minimum Gasteiger partial charge on any atom is -0.144 e. The molecule has 0 saturated carbocycles. The highest BCUT2D eigenvalue weighted by atomic mass is 79.9. The second-order valence-corrected chi connectivity index (χ2v) is 9.80. The Kier molecular flexibility index (Phi) is 4.52. The Balaban J connectivity index is 1.92. The van der Waals surface area contributed by atoms with Crippen LogP contribution in [0.3, 0.4) is 0 Å². The molecule has 0 N–H and O–H groups in total. The molecule has 2 aromatic heterocycles. The van der Waals surface area contributed by atoms with Crippen LogP contribution >= 0.6 is 54.5 Å². The van der Waals surface area contributed by atoms with Gasteiger partial charge < -0.3 is 0 Å². The van der Waals surface area contributed by atoms with Gasteiger partial charge in [-0.3, -0.25) is 0 Å². The third-order valence-electron chi connectivity index (χ3n) is 3.71. The summed E-state index contributed by atoms with van der Waals surface area (Å²) in [6.45, 7) is 2.21. The quantitative estimate of drug-likeness (QED) is 0.378. The fraction of sp³-hybridized carbons (Fsp3) is 0.467. The molecule has 4 heteroatoms. The molecule has 3 rings (SSSR count). The number of hydrogen-bond acceptors (Lipinski definition) is 2. The number of aryl methyl sites for hydroxylation is 3. The first-order valence-corrected chi connectivity index (χ1v) is 10.0. The minimum atomic E-state index is 0.354. The Hall–Kier alpha value is 0.360. The average molecular weight is 420 g/mol. The lowest BCUT2D eigenvalue weighted by molar-refractivity contribution is 0.712. The minimum absolute atomic E-state index is 0.354. The van der Waals surface area contributed by atoms with Gasteiger partial charge in [0.25, 0.3) is 0 Å². The molecule has 102 valence electrons. The zero-order valence-corrected chi connectivity index (χ0v) is 15.6. The van der Waals surface area contributed by atoms with Crippen molar-refractivity contribution in [1.29, 1.82) is 0 Å². The van der Waals surface area contributed by atoms with Gasteiger partial charge in [-0.1, -0.05) is 22.4 Å². The SMILES string of the molecule is Cc1sc(Br)cc1C(Br)c1cc2c(s1)CCCCC2. The van der Waals surface area contributed by atoms with E-state index in [4.69, 9.17) is 0 Å². The molecule has 1 unspecified atom stereocenters. The lowest BCUT2D eigenvalue weighted by atomic mass is 10.1. The highest BCUT2D eigenvalue weighted by Gasteiger charge is 2.20. The fourth-order valence-electron chi connectivity index (χ4n) is 2.68. The summed E-state index contributed by atoms with van der Waals surface area (Å²) < 4.78 is 1.22. The van der Waals surface area contributed by atoms with E-state index in [-0.39, 0.29) is 0 Å². The van der Waals surface area contributed by atoms with E-state index in [0.29, 0.717) is 4.83 Å². The monoisotopic (exact) mass is 418 g/mol. The smallest absolute Gasteiger partial charge is 0.0749 e. The van der Waals surface area contributed by atoms with E-state index < -0.39 is 0 Å². The van der Waals surface area contributed by atoms with Crippen molar-refractivity contribution in [2.45, 2.75) is 43.9 Å². The number of thiophene rings is 2. The van der Waals surface area contributed by atoms with Gasteiger partial charge >= 0.3 is 0 Å². The maximum absolute atomic E-state index is 3.90. The average Bonchev–Trinajstić information content (AvgIpc) is 2.85. The van der Waals surface area contributed by atoms with Crippen molar-refractivity contribution in [2.75, 3.05) is 0 Å².